The highest BCUT2D eigenvalue weighted by atomic mass is 16.5. The zero-order valence-corrected chi connectivity index (χ0v) is 17.8. The first kappa shape index (κ1) is 19.7. The molecule has 0 radical (unpaired) electrons. The molecule has 0 N–H and O–H groups in total. The first-order valence-corrected chi connectivity index (χ1v) is 9.28. The van der Waals surface area contributed by atoms with Crippen molar-refractivity contribution >= 4 is 0 Å². The third kappa shape index (κ3) is 3.40. The molecule has 0 heterocycles. The van der Waals surface area contributed by atoms with Gasteiger partial charge in [-0.1, -0.05) is 0 Å². The van der Waals surface area contributed by atoms with E-state index in [0.717, 1.165) is 0 Å². The maximum Gasteiger partial charge on any atom is 0.0726 e. The summed E-state index contributed by atoms with van der Waals surface area (Å²) in [4.78, 5) is 0. The highest BCUT2D eigenvalue weighted by molar-refractivity contribution is 5.50. The molecule has 0 saturated carbocycles. The minimum absolute atomic E-state index is 0.685. The number of hydrogen-bond donors (Lipinski definition) is 0. The van der Waals surface area contributed by atoms with Crippen molar-refractivity contribution in [3.8, 4) is 0 Å². The Hall–Kier alpha value is -1.60. The molecular weight excluding hydrogens is 304 g/mol. The predicted octanol–water partition coefficient (Wildman–Crippen LogP) is 6.49. The molecule has 0 aliphatic carbocycles. The van der Waals surface area contributed by atoms with Gasteiger partial charge in [-0.25, -0.2) is 0 Å². The molecule has 0 unspecified atom stereocenters. The van der Waals surface area contributed by atoms with Crippen LogP contribution in [0.5, 0.6) is 0 Å². The van der Waals surface area contributed by atoms with Crippen LogP contribution in [0.4, 0.5) is 0 Å². The summed E-state index contributed by atoms with van der Waals surface area (Å²) in [5.74, 6) is 0. The Balaban J connectivity index is 2.29. The van der Waals surface area contributed by atoms with Crippen LogP contribution < -0.4 is 0 Å². The minimum Gasteiger partial charge on any atom is -0.372 e. The lowest BCUT2D eigenvalue weighted by atomic mass is 9.89. The normalized spacial score (nSPS) is 11.3. The quantitative estimate of drug-likeness (QED) is 0.619. The van der Waals surface area contributed by atoms with Crippen LogP contribution in [0.3, 0.4) is 0 Å². The molecule has 0 aliphatic rings. The Labute approximate surface area is 154 Å². The molecule has 1 heteroatoms. The van der Waals surface area contributed by atoms with E-state index in [1.807, 2.05) is 0 Å². The Morgan fingerprint density at radius 1 is 0.360 bits per heavy atom. The van der Waals surface area contributed by atoms with Crippen LogP contribution in [0.15, 0.2) is 0 Å². The zero-order chi connectivity index (χ0) is 19.0. The fourth-order valence-corrected chi connectivity index (χ4v) is 3.84. The van der Waals surface area contributed by atoms with E-state index in [2.05, 4.69) is 69.2 Å². The van der Waals surface area contributed by atoms with Gasteiger partial charge in [-0.3, -0.25) is 0 Å². The van der Waals surface area contributed by atoms with Crippen molar-refractivity contribution in [2.24, 2.45) is 0 Å². The topological polar surface area (TPSA) is 9.23 Å². The minimum atomic E-state index is 0.685. The van der Waals surface area contributed by atoms with Gasteiger partial charge in [-0.15, -0.1) is 0 Å². The third-order valence-corrected chi connectivity index (χ3v) is 6.80. The SMILES string of the molecule is Cc1c(C)c(C)c(COCc2c(C)c(C)c(C)c(C)c2C)c(C)c1C. The maximum atomic E-state index is 6.23. The average molecular weight is 339 g/mol. The molecule has 0 amide bonds. The van der Waals surface area contributed by atoms with Gasteiger partial charge in [0.25, 0.3) is 0 Å². The molecule has 0 fully saturated rings. The maximum absolute atomic E-state index is 6.23. The molecule has 136 valence electrons. The van der Waals surface area contributed by atoms with E-state index in [-0.39, 0.29) is 0 Å². The van der Waals surface area contributed by atoms with E-state index in [1.165, 1.54) is 66.8 Å². The second kappa shape index (κ2) is 7.33. The van der Waals surface area contributed by atoms with Crippen molar-refractivity contribution in [3.63, 3.8) is 0 Å². The molecular formula is C24H34O. The summed E-state index contributed by atoms with van der Waals surface area (Å²) < 4.78 is 6.23. The first-order chi connectivity index (χ1) is 11.6. The van der Waals surface area contributed by atoms with Crippen molar-refractivity contribution in [1.82, 2.24) is 0 Å². The van der Waals surface area contributed by atoms with Gasteiger partial charge < -0.3 is 4.74 Å². The van der Waals surface area contributed by atoms with Gasteiger partial charge in [0.05, 0.1) is 13.2 Å². The first-order valence-electron chi connectivity index (χ1n) is 9.28. The Morgan fingerprint density at radius 3 is 0.800 bits per heavy atom. The van der Waals surface area contributed by atoms with Crippen molar-refractivity contribution in [3.05, 3.63) is 66.8 Å². The van der Waals surface area contributed by atoms with Crippen LogP contribution >= 0.6 is 0 Å². The molecule has 0 saturated heterocycles. The monoisotopic (exact) mass is 338 g/mol. The van der Waals surface area contributed by atoms with Gasteiger partial charge in [-0.2, -0.15) is 0 Å². The van der Waals surface area contributed by atoms with Crippen LogP contribution in [0, 0.1) is 69.2 Å². The zero-order valence-electron chi connectivity index (χ0n) is 17.8. The highest BCUT2D eigenvalue weighted by Crippen LogP contribution is 2.29. The second-order valence-corrected chi connectivity index (χ2v) is 7.70. The van der Waals surface area contributed by atoms with Crippen molar-refractivity contribution in [2.45, 2.75) is 82.5 Å². The predicted molar refractivity (Wildman–Crippen MR) is 109 cm³/mol. The smallest absolute Gasteiger partial charge is 0.0726 e. The summed E-state index contributed by atoms with van der Waals surface area (Å²) in [6.07, 6.45) is 0. The van der Waals surface area contributed by atoms with Crippen molar-refractivity contribution < 1.29 is 4.74 Å². The lowest BCUT2D eigenvalue weighted by Crippen LogP contribution is -2.08. The van der Waals surface area contributed by atoms with E-state index in [4.69, 9.17) is 4.74 Å². The third-order valence-electron chi connectivity index (χ3n) is 6.80. The summed E-state index contributed by atoms with van der Waals surface area (Å²) in [6.45, 7) is 23.6. The molecule has 1 nitrogen and oxygen atoms in total. The fraction of sp³-hybridized carbons (Fsp3) is 0.500. The number of ether oxygens (including phenoxy) is 1. The van der Waals surface area contributed by atoms with Gasteiger partial charge in [0.1, 0.15) is 0 Å². The van der Waals surface area contributed by atoms with Gasteiger partial charge in [0.15, 0.2) is 0 Å². The fourth-order valence-electron chi connectivity index (χ4n) is 3.84. The molecule has 2 rings (SSSR count). The van der Waals surface area contributed by atoms with Crippen molar-refractivity contribution in [2.75, 3.05) is 0 Å². The standard InChI is InChI=1S/C24H34O/c1-13-15(3)19(7)23(20(8)16(13)4)11-25-12-24-21(9)17(5)14(2)18(6)22(24)10/h11-12H2,1-10H3. The number of rotatable bonds is 4. The Bertz CT molecular complexity index is 697. The molecule has 25 heavy (non-hydrogen) atoms. The molecule has 0 aliphatic heterocycles. The van der Waals surface area contributed by atoms with Gasteiger partial charge in [0.2, 0.25) is 0 Å². The van der Waals surface area contributed by atoms with Crippen LogP contribution in [0.1, 0.15) is 66.8 Å². The number of benzene rings is 2. The lowest BCUT2D eigenvalue weighted by molar-refractivity contribution is 0.105. The molecule has 0 bridgehead atoms. The highest BCUT2D eigenvalue weighted by Gasteiger charge is 2.15. The summed E-state index contributed by atoms with van der Waals surface area (Å²) in [7, 11) is 0. The molecule has 0 aromatic heterocycles. The summed E-state index contributed by atoms with van der Waals surface area (Å²) in [6, 6.07) is 0. The second-order valence-electron chi connectivity index (χ2n) is 7.70. The lowest BCUT2D eigenvalue weighted by Gasteiger charge is -2.21. The molecule has 2 aromatic rings. The van der Waals surface area contributed by atoms with Gasteiger partial charge >= 0.3 is 0 Å². The summed E-state index contributed by atoms with van der Waals surface area (Å²) >= 11 is 0. The van der Waals surface area contributed by atoms with Crippen LogP contribution in [0.2, 0.25) is 0 Å². The van der Waals surface area contributed by atoms with E-state index >= 15 is 0 Å². The Kier molecular flexibility index (Phi) is 5.79. The van der Waals surface area contributed by atoms with Crippen LogP contribution in [-0.4, -0.2) is 0 Å². The van der Waals surface area contributed by atoms with Crippen LogP contribution in [-0.2, 0) is 18.0 Å². The summed E-state index contributed by atoms with van der Waals surface area (Å²) in [5.41, 5.74) is 16.7. The molecule has 0 atom stereocenters. The largest absolute Gasteiger partial charge is 0.372 e. The summed E-state index contributed by atoms with van der Waals surface area (Å²) in [5, 5.41) is 0. The molecule has 0 spiro atoms. The van der Waals surface area contributed by atoms with Gasteiger partial charge in [-0.05, 0) is 136 Å². The van der Waals surface area contributed by atoms with E-state index in [1.54, 1.807) is 0 Å². The van der Waals surface area contributed by atoms with E-state index in [0.29, 0.717) is 13.2 Å². The van der Waals surface area contributed by atoms with E-state index < -0.39 is 0 Å². The number of hydrogen-bond acceptors (Lipinski definition) is 1. The van der Waals surface area contributed by atoms with Gasteiger partial charge in [0, 0.05) is 0 Å². The van der Waals surface area contributed by atoms with E-state index in [9.17, 15) is 0 Å². The Morgan fingerprint density at radius 2 is 0.560 bits per heavy atom. The van der Waals surface area contributed by atoms with Crippen LogP contribution in [0.25, 0.3) is 0 Å². The van der Waals surface area contributed by atoms with Crippen molar-refractivity contribution in [1.29, 1.82) is 0 Å². The average Bonchev–Trinajstić information content (AvgIpc) is 2.60. The molecule has 2 aromatic carbocycles.